The van der Waals surface area contributed by atoms with Gasteiger partial charge in [0, 0.05) is 40.5 Å². The third-order valence-corrected chi connectivity index (χ3v) is 4.88. The number of H-pyrrole nitrogens is 1. The van der Waals surface area contributed by atoms with Crippen LogP contribution in [0.15, 0.2) is 48.0 Å². The number of nitrogens with one attached hydrogen (secondary N) is 1. The summed E-state index contributed by atoms with van der Waals surface area (Å²) in [6.45, 7) is 3.89. The molecule has 1 amide bonds. The first-order valence-corrected chi connectivity index (χ1v) is 8.33. The smallest absolute Gasteiger partial charge is 0.225 e. The number of nitrogens with zero attached hydrogens (tertiary/aromatic N) is 1. The van der Waals surface area contributed by atoms with E-state index in [1.807, 2.05) is 50.2 Å². The van der Waals surface area contributed by atoms with Gasteiger partial charge < -0.3 is 9.88 Å². The second-order valence-corrected chi connectivity index (χ2v) is 6.79. The summed E-state index contributed by atoms with van der Waals surface area (Å²) >= 11 is 1.69. The fourth-order valence-electron chi connectivity index (χ4n) is 2.85. The van der Waals surface area contributed by atoms with E-state index in [2.05, 4.69) is 28.6 Å². The molecule has 0 saturated heterocycles. The van der Waals surface area contributed by atoms with Crippen molar-refractivity contribution in [2.75, 3.05) is 7.05 Å². The summed E-state index contributed by atoms with van der Waals surface area (Å²) in [5.74, 6) is 0.140. The normalized spacial score (nSPS) is 12.7. The minimum Gasteiger partial charge on any atom is -0.361 e. The first kappa shape index (κ1) is 14.9. The maximum absolute atomic E-state index is 12.5. The van der Waals surface area contributed by atoms with E-state index >= 15 is 0 Å². The highest BCUT2D eigenvalue weighted by molar-refractivity contribution is 7.10. The molecule has 0 saturated carbocycles. The maximum Gasteiger partial charge on any atom is 0.225 e. The topological polar surface area (TPSA) is 36.1 Å². The van der Waals surface area contributed by atoms with Gasteiger partial charge in [-0.05, 0) is 17.5 Å². The van der Waals surface area contributed by atoms with Gasteiger partial charge in [-0.25, -0.2) is 0 Å². The summed E-state index contributed by atoms with van der Waals surface area (Å²) in [7, 11) is 1.90. The van der Waals surface area contributed by atoms with E-state index < -0.39 is 0 Å². The quantitative estimate of drug-likeness (QED) is 0.760. The predicted octanol–water partition coefficient (Wildman–Crippen LogP) is 4.43. The van der Waals surface area contributed by atoms with Crippen LogP contribution in [0, 0.1) is 5.92 Å². The monoisotopic (exact) mass is 312 g/mol. The Hall–Kier alpha value is -2.07. The Balaban J connectivity index is 2.12. The van der Waals surface area contributed by atoms with Gasteiger partial charge in [-0.2, -0.15) is 0 Å². The lowest BCUT2D eigenvalue weighted by Gasteiger charge is -2.29. The Kier molecular flexibility index (Phi) is 4.03. The van der Waals surface area contributed by atoms with Gasteiger partial charge in [0.2, 0.25) is 5.91 Å². The molecule has 2 aromatic heterocycles. The van der Waals surface area contributed by atoms with Crippen molar-refractivity contribution in [3.63, 3.8) is 0 Å². The molecule has 0 aliphatic carbocycles. The molecule has 0 unspecified atom stereocenters. The Labute approximate surface area is 134 Å². The van der Waals surface area contributed by atoms with E-state index in [9.17, 15) is 4.79 Å². The molecule has 0 aliphatic rings. The van der Waals surface area contributed by atoms with E-state index in [1.54, 1.807) is 11.3 Å². The van der Waals surface area contributed by atoms with Crippen LogP contribution in [0.25, 0.3) is 10.9 Å². The fraction of sp³-hybridized carbons (Fsp3) is 0.278. The van der Waals surface area contributed by atoms with E-state index in [0.717, 1.165) is 11.1 Å². The summed E-state index contributed by atoms with van der Waals surface area (Å²) in [5, 5.41) is 3.23. The minimum absolute atomic E-state index is 0.0160. The lowest BCUT2D eigenvalue weighted by Crippen LogP contribution is -2.34. The standard InChI is InChI=1S/C18H20N2OS/c1-12(2)18(21)20(3)17(16-9-6-10-22-16)14-11-19-15-8-5-4-7-13(14)15/h4-12,17,19H,1-3H3/t17-/m1/s1. The number of carbonyl (C=O) groups is 1. The number of aromatic nitrogens is 1. The first-order valence-electron chi connectivity index (χ1n) is 7.45. The zero-order valence-electron chi connectivity index (χ0n) is 13.0. The summed E-state index contributed by atoms with van der Waals surface area (Å²) in [6, 6.07) is 12.3. The van der Waals surface area contributed by atoms with Crippen LogP contribution in [0.1, 0.15) is 30.3 Å². The third kappa shape index (κ3) is 2.55. The number of carbonyl (C=O) groups excluding carboxylic acids is 1. The molecule has 0 spiro atoms. The van der Waals surface area contributed by atoms with Crippen molar-refractivity contribution in [3.05, 3.63) is 58.4 Å². The molecule has 0 bridgehead atoms. The van der Waals surface area contributed by atoms with Crippen LogP contribution in [-0.2, 0) is 4.79 Å². The van der Waals surface area contributed by atoms with Gasteiger partial charge in [0.05, 0.1) is 6.04 Å². The van der Waals surface area contributed by atoms with Crippen molar-refractivity contribution in [2.24, 2.45) is 5.92 Å². The number of para-hydroxylation sites is 1. The highest BCUT2D eigenvalue weighted by Crippen LogP contribution is 2.35. The number of fused-ring (bicyclic) bond motifs is 1. The van der Waals surface area contributed by atoms with Crippen molar-refractivity contribution in [1.82, 2.24) is 9.88 Å². The van der Waals surface area contributed by atoms with Crippen molar-refractivity contribution in [3.8, 4) is 0 Å². The number of hydrogen-bond donors (Lipinski definition) is 1. The van der Waals surface area contributed by atoms with Crippen LogP contribution in [0.4, 0.5) is 0 Å². The summed E-state index contributed by atoms with van der Waals surface area (Å²) in [6.07, 6.45) is 2.03. The van der Waals surface area contributed by atoms with Gasteiger partial charge in [0.25, 0.3) is 0 Å². The van der Waals surface area contributed by atoms with Gasteiger partial charge in [0.1, 0.15) is 0 Å². The van der Waals surface area contributed by atoms with E-state index in [-0.39, 0.29) is 17.9 Å². The average molecular weight is 312 g/mol. The van der Waals surface area contributed by atoms with Crippen LogP contribution in [0.3, 0.4) is 0 Å². The Morgan fingerprint density at radius 1 is 1.18 bits per heavy atom. The maximum atomic E-state index is 12.5. The lowest BCUT2D eigenvalue weighted by molar-refractivity contribution is -0.134. The molecular weight excluding hydrogens is 292 g/mol. The molecule has 3 nitrogen and oxygen atoms in total. The Morgan fingerprint density at radius 2 is 1.95 bits per heavy atom. The molecule has 4 heteroatoms. The molecule has 22 heavy (non-hydrogen) atoms. The predicted molar refractivity (Wildman–Crippen MR) is 92.1 cm³/mol. The number of benzene rings is 1. The zero-order valence-corrected chi connectivity index (χ0v) is 13.9. The van der Waals surface area contributed by atoms with Gasteiger partial charge in [-0.15, -0.1) is 11.3 Å². The average Bonchev–Trinajstić information content (AvgIpc) is 3.17. The summed E-state index contributed by atoms with van der Waals surface area (Å²) < 4.78 is 0. The molecule has 1 atom stereocenters. The van der Waals surface area contributed by atoms with Crippen LogP contribution >= 0.6 is 11.3 Å². The largest absolute Gasteiger partial charge is 0.361 e. The van der Waals surface area contributed by atoms with E-state index in [0.29, 0.717) is 0 Å². The van der Waals surface area contributed by atoms with Crippen LogP contribution in [0.2, 0.25) is 0 Å². The van der Waals surface area contributed by atoms with Gasteiger partial charge >= 0.3 is 0 Å². The highest BCUT2D eigenvalue weighted by Gasteiger charge is 2.27. The molecule has 114 valence electrons. The number of aromatic amines is 1. The SMILES string of the molecule is CC(C)C(=O)N(C)[C@@H](c1cccs1)c1c[nH]c2ccccc12. The van der Waals surface area contributed by atoms with Crippen molar-refractivity contribution >= 4 is 28.1 Å². The van der Waals surface area contributed by atoms with Crippen molar-refractivity contribution < 1.29 is 4.79 Å². The molecule has 0 aliphatic heterocycles. The molecular formula is C18H20N2OS. The highest BCUT2D eigenvalue weighted by atomic mass is 32.1. The molecule has 3 aromatic rings. The number of hydrogen-bond acceptors (Lipinski definition) is 2. The van der Waals surface area contributed by atoms with Gasteiger partial charge in [-0.3, -0.25) is 4.79 Å². The van der Waals surface area contributed by atoms with Crippen LogP contribution in [0.5, 0.6) is 0 Å². The van der Waals surface area contributed by atoms with Gasteiger partial charge in [-0.1, -0.05) is 38.1 Å². The van der Waals surface area contributed by atoms with Crippen LogP contribution in [-0.4, -0.2) is 22.8 Å². The number of amides is 1. The first-order chi connectivity index (χ1) is 10.6. The van der Waals surface area contributed by atoms with E-state index in [1.165, 1.54) is 10.3 Å². The minimum atomic E-state index is -0.0500. The van der Waals surface area contributed by atoms with Crippen molar-refractivity contribution in [2.45, 2.75) is 19.9 Å². The Bertz CT molecular complexity index is 773. The third-order valence-electron chi connectivity index (χ3n) is 3.96. The molecule has 0 fully saturated rings. The molecule has 3 rings (SSSR count). The molecule has 1 N–H and O–H groups in total. The molecule has 0 radical (unpaired) electrons. The second kappa shape index (κ2) is 5.97. The summed E-state index contributed by atoms with van der Waals surface area (Å²) in [4.78, 5) is 18.9. The van der Waals surface area contributed by atoms with Crippen LogP contribution < -0.4 is 0 Å². The molecule has 1 aromatic carbocycles. The van der Waals surface area contributed by atoms with Gasteiger partial charge in [0.15, 0.2) is 0 Å². The lowest BCUT2D eigenvalue weighted by atomic mass is 10.0. The summed E-state index contributed by atoms with van der Waals surface area (Å²) in [5.41, 5.74) is 2.25. The number of rotatable bonds is 4. The zero-order chi connectivity index (χ0) is 15.7. The number of thiophene rings is 1. The second-order valence-electron chi connectivity index (χ2n) is 5.81. The van der Waals surface area contributed by atoms with E-state index in [4.69, 9.17) is 0 Å². The fourth-order valence-corrected chi connectivity index (χ4v) is 3.74. The van der Waals surface area contributed by atoms with Crippen molar-refractivity contribution in [1.29, 1.82) is 0 Å². The molecule has 2 heterocycles. The Morgan fingerprint density at radius 3 is 2.64 bits per heavy atom.